The van der Waals surface area contributed by atoms with Gasteiger partial charge in [-0.25, -0.2) is 4.99 Å². The van der Waals surface area contributed by atoms with E-state index in [4.69, 9.17) is 4.99 Å². The van der Waals surface area contributed by atoms with E-state index in [1.165, 1.54) is 17.3 Å². The number of thioether (sulfide) groups is 1. The van der Waals surface area contributed by atoms with Gasteiger partial charge in [-0.3, -0.25) is 9.69 Å². The van der Waals surface area contributed by atoms with E-state index in [1.807, 2.05) is 55.5 Å². The van der Waals surface area contributed by atoms with Gasteiger partial charge in [0.05, 0.1) is 10.6 Å². The van der Waals surface area contributed by atoms with Crippen LogP contribution in [-0.4, -0.2) is 22.5 Å². The number of carbonyl (C=O) groups excluding carboxylic acids is 1. The highest BCUT2D eigenvalue weighted by atomic mass is 79.9. The SMILES string of the molecule is CCc1ccccc1N=C1S/C(=C/c2cccc(Br)c2)C(=O)N1CC. The smallest absolute Gasteiger partial charge is 0.266 e. The Hall–Kier alpha value is -1.85. The van der Waals surface area contributed by atoms with Gasteiger partial charge >= 0.3 is 0 Å². The number of aliphatic imine (C=N–C) groups is 1. The lowest BCUT2D eigenvalue weighted by atomic mass is 10.1. The third-order valence-electron chi connectivity index (χ3n) is 3.94. The van der Waals surface area contributed by atoms with Crippen LogP contribution in [0.1, 0.15) is 25.0 Å². The van der Waals surface area contributed by atoms with Gasteiger partial charge in [-0.15, -0.1) is 0 Å². The first-order chi connectivity index (χ1) is 12.1. The minimum absolute atomic E-state index is 0.0141. The van der Waals surface area contributed by atoms with Crippen molar-refractivity contribution >= 4 is 50.5 Å². The zero-order valence-electron chi connectivity index (χ0n) is 14.2. The molecule has 25 heavy (non-hydrogen) atoms. The molecule has 0 aliphatic carbocycles. The number of nitrogens with zero attached hydrogens (tertiary/aromatic N) is 2. The second kappa shape index (κ2) is 8.02. The average molecular weight is 415 g/mol. The maximum absolute atomic E-state index is 12.7. The first-order valence-corrected chi connectivity index (χ1v) is 9.87. The van der Waals surface area contributed by atoms with Crippen molar-refractivity contribution in [2.24, 2.45) is 4.99 Å². The Balaban J connectivity index is 1.96. The van der Waals surface area contributed by atoms with Crippen LogP contribution in [0.15, 0.2) is 62.9 Å². The van der Waals surface area contributed by atoms with Crippen LogP contribution in [-0.2, 0) is 11.2 Å². The summed E-state index contributed by atoms with van der Waals surface area (Å²) in [4.78, 5) is 19.9. The van der Waals surface area contributed by atoms with E-state index in [-0.39, 0.29) is 5.91 Å². The summed E-state index contributed by atoms with van der Waals surface area (Å²) in [5.41, 5.74) is 3.11. The summed E-state index contributed by atoms with van der Waals surface area (Å²) in [5.74, 6) is 0.0141. The lowest BCUT2D eigenvalue weighted by molar-refractivity contribution is -0.122. The molecule has 1 saturated heterocycles. The second-order valence-electron chi connectivity index (χ2n) is 5.59. The molecule has 1 aliphatic rings. The van der Waals surface area contributed by atoms with Gasteiger partial charge in [0, 0.05) is 11.0 Å². The number of halogens is 1. The minimum Gasteiger partial charge on any atom is -0.287 e. The van der Waals surface area contributed by atoms with Crippen LogP contribution in [0.4, 0.5) is 5.69 Å². The molecule has 2 aromatic carbocycles. The molecular weight excluding hydrogens is 396 g/mol. The molecule has 1 amide bonds. The number of hydrogen-bond acceptors (Lipinski definition) is 3. The summed E-state index contributed by atoms with van der Waals surface area (Å²) in [6, 6.07) is 16.0. The van der Waals surface area contributed by atoms with E-state index in [0.29, 0.717) is 11.4 Å². The number of carbonyl (C=O) groups is 1. The molecule has 128 valence electrons. The largest absolute Gasteiger partial charge is 0.287 e. The molecule has 0 N–H and O–H groups in total. The van der Waals surface area contributed by atoms with Crippen LogP contribution in [0.25, 0.3) is 6.08 Å². The number of para-hydroxylation sites is 1. The van der Waals surface area contributed by atoms with Gasteiger partial charge in [-0.1, -0.05) is 53.2 Å². The van der Waals surface area contributed by atoms with Crippen molar-refractivity contribution in [3.63, 3.8) is 0 Å². The number of likely N-dealkylation sites (N-methyl/N-ethyl adjacent to an activating group) is 1. The van der Waals surface area contributed by atoms with E-state index in [2.05, 4.69) is 28.9 Å². The monoisotopic (exact) mass is 414 g/mol. The van der Waals surface area contributed by atoms with Gasteiger partial charge in [0.2, 0.25) is 0 Å². The fourth-order valence-electron chi connectivity index (χ4n) is 2.64. The van der Waals surface area contributed by atoms with Crippen LogP contribution < -0.4 is 0 Å². The van der Waals surface area contributed by atoms with Gasteiger partial charge in [-0.05, 0) is 60.5 Å². The number of benzene rings is 2. The summed E-state index contributed by atoms with van der Waals surface area (Å²) < 4.78 is 0.996. The lowest BCUT2D eigenvalue weighted by Gasteiger charge is -2.12. The van der Waals surface area contributed by atoms with Crippen molar-refractivity contribution in [3.8, 4) is 0 Å². The fourth-order valence-corrected chi connectivity index (χ4v) is 4.11. The van der Waals surface area contributed by atoms with E-state index >= 15 is 0 Å². The van der Waals surface area contributed by atoms with Crippen LogP contribution in [0.5, 0.6) is 0 Å². The molecule has 0 bridgehead atoms. The molecule has 0 unspecified atom stereocenters. The summed E-state index contributed by atoms with van der Waals surface area (Å²) in [5, 5.41) is 0.745. The maximum atomic E-state index is 12.7. The van der Waals surface area contributed by atoms with Crippen molar-refractivity contribution in [3.05, 3.63) is 69.0 Å². The standard InChI is InChI=1S/C20H19BrN2OS/c1-3-15-9-5-6-11-17(15)22-20-23(4-2)19(24)18(25-20)13-14-8-7-10-16(21)12-14/h5-13H,3-4H2,1-2H3/b18-13+,22-20?. The highest BCUT2D eigenvalue weighted by Crippen LogP contribution is 2.34. The molecule has 3 rings (SSSR count). The zero-order valence-corrected chi connectivity index (χ0v) is 16.6. The second-order valence-corrected chi connectivity index (χ2v) is 7.52. The topological polar surface area (TPSA) is 32.7 Å². The Morgan fingerprint density at radius 3 is 2.68 bits per heavy atom. The fraction of sp³-hybridized carbons (Fsp3) is 0.200. The first-order valence-electron chi connectivity index (χ1n) is 8.26. The highest BCUT2D eigenvalue weighted by Gasteiger charge is 2.32. The average Bonchev–Trinajstić information content (AvgIpc) is 2.90. The Labute approximate surface area is 161 Å². The Kier molecular flexibility index (Phi) is 5.76. The molecule has 5 heteroatoms. The quantitative estimate of drug-likeness (QED) is 0.606. The molecule has 0 radical (unpaired) electrons. The number of rotatable bonds is 4. The summed E-state index contributed by atoms with van der Waals surface area (Å²) in [7, 11) is 0. The predicted molar refractivity (Wildman–Crippen MR) is 110 cm³/mol. The minimum atomic E-state index is 0.0141. The molecule has 3 nitrogen and oxygen atoms in total. The summed E-state index contributed by atoms with van der Waals surface area (Å²) in [6.07, 6.45) is 2.84. The van der Waals surface area contributed by atoms with E-state index < -0.39 is 0 Å². The molecule has 0 atom stereocenters. The van der Waals surface area contributed by atoms with Crippen LogP contribution in [0.2, 0.25) is 0 Å². The van der Waals surface area contributed by atoms with E-state index in [1.54, 1.807) is 4.90 Å². The Morgan fingerprint density at radius 2 is 1.96 bits per heavy atom. The zero-order chi connectivity index (χ0) is 17.8. The molecule has 1 heterocycles. The van der Waals surface area contributed by atoms with Crippen molar-refractivity contribution < 1.29 is 4.79 Å². The lowest BCUT2D eigenvalue weighted by Crippen LogP contribution is -2.28. The number of amidine groups is 1. The van der Waals surface area contributed by atoms with Gasteiger partial charge in [0.1, 0.15) is 0 Å². The van der Waals surface area contributed by atoms with Crippen LogP contribution in [0, 0.1) is 0 Å². The third kappa shape index (κ3) is 4.05. The molecule has 2 aromatic rings. The molecule has 1 fully saturated rings. The van der Waals surface area contributed by atoms with Gasteiger partial charge in [0.15, 0.2) is 5.17 Å². The maximum Gasteiger partial charge on any atom is 0.266 e. The number of hydrogen-bond donors (Lipinski definition) is 0. The van der Waals surface area contributed by atoms with E-state index in [9.17, 15) is 4.79 Å². The Morgan fingerprint density at radius 1 is 1.16 bits per heavy atom. The van der Waals surface area contributed by atoms with Crippen molar-refractivity contribution in [1.29, 1.82) is 0 Å². The third-order valence-corrected chi connectivity index (χ3v) is 5.44. The first kappa shape index (κ1) is 18.0. The number of aryl methyl sites for hydroxylation is 1. The van der Waals surface area contributed by atoms with Crippen LogP contribution >= 0.6 is 27.7 Å². The number of amides is 1. The van der Waals surface area contributed by atoms with Gasteiger partial charge in [0.25, 0.3) is 5.91 Å². The molecular formula is C20H19BrN2OS. The summed E-state index contributed by atoms with van der Waals surface area (Å²) >= 11 is 4.91. The summed E-state index contributed by atoms with van der Waals surface area (Å²) in [6.45, 7) is 4.69. The predicted octanol–water partition coefficient (Wildman–Crippen LogP) is 5.64. The highest BCUT2D eigenvalue weighted by molar-refractivity contribution is 9.10. The van der Waals surface area contributed by atoms with Crippen LogP contribution in [0.3, 0.4) is 0 Å². The van der Waals surface area contributed by atoms with E-state index in [0.717, 1.165) is 27.3 Å². The van der Waals surface area contributed by atoms with Crippen molar-refractivity contribution in [2.45, 2.75) is 20.3 Å². The Bertz CT molecular complexity index is 860. The molecule has 0 spiro atoms. The molecule has 0 saturated carbocycles. The van der Waals surface area contributed by atoms with Crippen molar-refractivity contribution in [2.75, 3.05) is 6.54 Å². The van der Waals surface area contributed by atoms with Crippen molar-refractivity contribution in [1.82, 2.24) is 4.90 Å². The van der Waals surface area contributed by atoms with Gasteiger partial charge in [-0.2, -0.15) is 0 Å². The molecule has 1 aliphatic heterocycles. The van der Waals surface area contributed by atoms with Gasteiger partial charge < -0.3 is 0 Å². The normalized spacial score (nSPS) is 17.7. The molecule has 0 aromatic heterocycles.